The zero-order valence-corrected chi connectivity index (χ0v) is 32.8. The molecule has 0 aliphatic carbocycles. The van der Waals surface area contributed by atoms with E-state index in [0.717, 1.165) is 61.6 Å². The van der Waals surface area contributed by atoms with Crippen LogP contribution in [0.3, 0.4) is 0 Å². The molecule has 0 spiro atoms. The predicted octanol–water partition coefficient (Wildman–Crippen LogP) is 7.21. The van der Waals surface area contributed by atoms with E-state index in [0.29, 0.717) is 37.7 Å². The zero-order chi connectivity index (χ0) is 35.2. The fourth-order valence-corrected chi connectivity index (χ4v) is 7.32. The molecule has 2 aromatic heterocycles. The summed E-state index contributed by atoms with van der Waals surface area (Å²) >= 11 is 5.71. The Labute approximate surface area is 315 Å². The van der Waals surface area contributed by atoms with E-state index >= 15 is 0 Å². The lowest BCUT2D eigenvalue weighted by molar-refractivity contribution is -0.133. The van der Waals surface area contributed by atoms with Gasteiger partial charge in [-0.25, -0.2) is 4.68 Å². The molecule has 0 N–H and O–H groups in total. The number of aryl methyl sites for hydroxylation is 1. The molecule has 2 aromatic carbocycles. The minimum atomic E-state index is -0.511. The Balaban J connectivity index is 1.09. The van der Waals surface area contributed by atoms with Crippen LogP contribution in [0.1, 0.15) is 65.3 Å². The van der Waals surface area contributed by atoms with Crippen molar-refractivity contribution in [3.63, 3.8) is 0 Å². The fraction of sp³-hybridized carbons (Fsp3) is 0.472. The maximum absolute atomic E-state index is 13.2. The second-order valence-electron chi connectivity index (χ2n) is 14.0. The lowest BCUT2D eigenvalue weighted by Gasteiger charge is -2.32. The van der Waals surface area contributed by atoms with Gasteiger partial charge in [0.05, 0.1) is 38.1 Å². The molecule has 14 heteroatoms. The number of fused-ring (bicyclic) bond motifs is 1. The topological polar surface area (TPSA) is 102 Å². The van der Waals surface area contributed by atoms with Gasteiger partial charge in [0.25, 0.3) is 5.91 Å². The third kappa shape index (κ3) is 7.23. The van der Waals surface area contributed by atoms with E-state index in [9.17, 15) is 4.79 Å². The Hall–Kier alpha value is -2.92. The van der Waals surface area contributed by atoms with Gasteiger partial charge in [0.2, 0.25) is 5.88 Å². The van der Waals surface area contributed by atoms with E-state index in [1.165, 1.54) is 0 Å². The number of carbonyl (C=O) groups excluding carboxylic acids is 1. The molecule has 3 fully saturated rings. The van der Waals surface area contributed by atoms with Gasteiger partial charge >= 0.3 is 7.12 Å². The molecule has 0 bridgehead atoms. The summed E-state index contributed by atoms with van der Waals surface area (Å²) in [6, 6.07) is 12.1. The average Bonchev–Trinajstić information content (AvgIpc) is 3.80. The summed E-state index contributed by atoms with van der Waals surface area (Å²) in [6.07, 6.45) is 7.00. The molecule has 2 atom stereocenters. The summed E-state index contributed by atoms with van der Waals surface area (Å²) in [5.74, 6) is 3.11. The monoisotopic (exact) mass is 857 g/mol. The number of rotatable bonds is 10. The lowest BCUT2D eigenvalue weighted by atomic mass is 9.89. The van der Waals surface area contributed by atoms with E-state index in [2.05, 4.69) is 61.8 Å². The highest BCUT2D eigenvalue weighted by Crippen LogP contribution is 2.38. The number of aromatic nitrogens is 4. The molecule has 1 amide bonds. The quantitative estimate of drug-likeness (QED) is 0.122. The van der Waals surface area contributed by atoms with E-state index < -0.39 is 24.4 Å². The van der Waals surface area contributed by atoms with Gasteiger partial charge in [0.1, 0.15) is 12.4 Å². The SMILES string of the molecule is Cn1cc(-c2ccc3c(c2)c(/C=C/B2OC(C)(C)C(C)(C)O2)nn3[C@H]2CCCCO2)c(OCCN2CC[C@@H](Oc3cc(Br)ccc3I)C2=O)n1. The smallest absolute Gasteiger partial charge is 0.479 e. The first-order chi connectivity index (χ1) is 23.9. The Bertz CT molecular complexity index is 1910. The van der Waals surface area contributed by atoms with Crippen molar-refractivity contribution >= 4 is 68.5 Å². The molecule has 0 saturated carbocycles. The van der Waals surface area contributed by atoms with Crippen LogP contribution >= 0.6 is 38.5 Å². The van der Waals surface area contributed by atoms with Gasteiger partial charge < -0.3 is 28.4 Å². The van der Waals surface area contributed by atoms with Crippen LogP contribution in [0, 0.1) is 3.57 Å². The van der Waals surface area contributed by atoms with Crippen molar-refractivity contribution in [3.05, 3.63) is 62.3 Å². The summed E-state index contributed by atoms with van der Waals surface area (Å²) in [5, 5.41) is 10.7. The van der Waals surface area contributed by atoms with Crippen molar-refractivity contribution in [2.45, 2.75) is 76.9 Å². The van der Waals surface area contributed by atoms with E-state index in [4.69, 9.17) is 28.6 Å². The van der Waals surface area contributed by atoms with E-state index in [1.807, 2.05) is 75.9 Å². The van der Waals surface area contributed by atoms with Crippen LogP contribution < -0.4 is 9.47 Å². The van der Waals surface area contributed by atoms with Crippen molar-refractivity contribution in [2.75, 3.05) is 26.3 Å². The molecule has 3 aliphatic rings. The number of benzene rings is 2. The summed E-state index contributed by atoms with van der Waals surface area (Å²) in [5.41, 5.74) is 2.74. The number of ether oxygens (including phenoxy) is 3. The minimum Gasteiger partial charge on any atom is -0.479 e. The maximum Gasteiger partial charge on any atom is 0.487 e. The largest absolute Gasteiger partial charge is 0.487 e. The van der Waals surface area contributed by atoms with Crippen LogP contribution in [-0.2, 0) is 25.9 Å². The van der Waals surface area contributed by atoms with Crippen molar-refractivity contribution in [1.29, 1.82) is 0 Å². The zero-order valence-electron chi connectivity index (χ0n) is 29.0. The van der Waals surface area contributed by atoms with Gasteiger partial charge in [-0.2, -0.15) is 5.10 Å². The van der Waals surface area contributed by atoms with Gasteiger partial charge in [0, 0.05) is 42.7 Å². The number of nitrogens with zero attached hydrogens (tertiary/aromatic N) is 5. The number of hydrogen-bond acceptors (Lipinski definition) is 8. The van der Waals surface area contributed by atoms with Crippen LogP contribution in [0.5, 0.6) is 11.6 Å². The second-order valence-corrected chi connectivity index (χ2v) is 16.1. The maximum atomic E-state index is 13.2. The summed E-state index contributed by atoms with van der Waals surface area (Å²) in [7, 11) is 1.39. The lowest BCUT2D eigenvalue weighted by Crippen LogP contribution is -2.41. The highest BCUT2D eigenvalue weighted by molar-refractivity contribution is 14.1. The first-order valence-electron chi connectivity index (χ1n) is 17.1. The van der Waals surface area contributed by atoms with Crippen LogP contribution in [0.15, 0.2) is 53.0 Å². The molecule has 0 radical (unpaired) electrons. The first-order valence-corrected chi connectivity index (χ1v) is 19.0. The molecule has 0 unspecified atom stereocenters. The molecule has 7 rings (SSSR count). The molecular formula is C36H42BBrIN5O6. The van der Waals surface area contributed by atoms with Crippen LogP contribution in [0.2, 0.25) is 0 Å². The number of halogens is 2. The normalized spacial score (nSPS) is 21.9. The molecule has 264 valence electrons. The number of amides is 1. The predicted molar refractivity (Wildman–Crippen MR) is 204 cm³/mol. The third-order valence-corrected chi connectivity index (χ3v) is 11.3. The molecule has 4 aromatic rings. The highest BCUT2D eigenvalue weighted by atomic mass is 127. The van der Waals surface area contributed by atoms with Crippen LogP contribution in [-0.4, -0.2) is 81.1 Å². The average molecular weight is 858 g/mol. The molecule has 50 heavy (non-hydrogen) atoms. The van der Waals surface area contributed by atoms with Gasteiger partial charge in [-0.3, -0.25) is 9.48 Å². The van der Waals surface area contributed by atoms with Crippen molar-refractivity contribution in [2.24, 2.45) is 7.05 Å². The third-order valence-electron chi connectivity index (χ3n) is 9.96. The number of carbonyl (C=O) groups is 1. The molecular weight excluding hydrogens is 816 g/mol. The standard InChI is InChI=1S/C36H42BBrIN5O6/c1-35(2)36(3,4)50-37(49-35)15-13-28-25-20-23(9-12-29(25)44(40-28)32-8-6-7-18-46-32)26-22-42(5)41-33(26)47-19-17-43-16-14-30(34(43)45)48-31-21-24(38)10-11-27(31)39/h9-13,15,20-22,30,32H,6-8,14,16-19H2,1-5H3/b15-13+/t30-,32-/m1/s1. The van der Waals surface area contributed by atoms with E-state index in [-0.39, 0.29) is 12.1 Å². The Kier molecular flexibility index (Phi) is 10.1. The summed E-state index contributed by atoms with van der Waals surface area (Å²) in [6.45, 7) is 10.3. The molecule has 5 heterocycles. The summed E-state index contributed by atoms with van der Waals surface area (Å²) in [4.78, 5) is 15.0. The van der Waals surface area contributed by atoms with Gasteiger partial charge in [0.15, 0.2) is 12.3 Å². The van der Waals surface area contributed by atoms with Gasteiger partial charge in [-0.05, 0) is 112 Å². The molecule has 3 saturated heterocycles. The summed E-state index contributed by atoms with van der Waals surface area (Å²) < 4.78 is 36.6. The second kappa shape index (κ2) is 14.2. The Morgan fingerprint density at radius 3 is 2.64 bits per heavy atom. The number of hydrogen-bond donors (Lipinski definition) is 0. The minimum absolute atomic E-state index is 0.0313. The molecule has 3 aliphatic heterocycles. The van der Waals surface area contributed by atoms with Crippen molar-refractivity contribution < 1.29 is 28.3 Å². The van der Waals surface area contributed by atoms with Crippen LogP contribution in [0.4, 0.5) is 0 Å². The number of likely N-dealkylation sites (tertiary alicyclic amines) is 1. The van der Waals surface area contributed by atoms with Gasteiger partial charge in [-0.15, -0.1) is 5.10 Å². The first kappa shape index (κ1) is 35.5. The van der Waals surface area contributed by atoms with Crippen molar-refractivity contribution in [3.8, 4) is 22.8 Å². The highest BCUT2D eigenvalue weighted by Gasteiger charge is 2.50. The van der Waals surface area contributed by atoms with Crippen molar-refractivity contribution in [1.82, 2.24) is 24.5 Å². The van der Waals surface area contributed by atoms with Crippen LogP contribution in [0.25, 0.3) is 28.1 Å². The van der Waals surface area contributed by atoms with Gasteiger partial charge in [-0.1, -0.05) is 28.0 Å². The molecule has 11 nitrogen and oxygen atoms in total. The Morgan fingerprint density at radius 1 is 1.08 bits per heavy atom. The fourth-order valence-electron chi connectivity index (χ4n) is 6.52. The Morgan fingerprint density at radius 2 is 1.88 bits per heavy atom. The van der Waals surface area contributed by atoms with E-state index in [1.54, 1.807) is 9.58 Å².